The monoisotopic (exact) mass is 277 g/mol. The molecule has 0 amide bonds. The van der Waals surface area contributed by atoms with Crippen LogP contribution in [0.25, 0.3) is 0 Å². The summed E-state index contributed by atoms with van der Waals surface area (Å²) in [5.41, 5.74) is 4.09. The molecule has 1 unspecified atom stereocenters. The Morgan fingerprint density at radius 2 is 1.70 bits per heavy atom. The van der Waals surface area contributed by atoms with Gasteiger partial charge in [0.2, 0.25) is 0 Å². The molecule has 0 saturated heterocycles. The van der Waals surface area contributed by atoms with Crippen LogP contribution in [-0.2, 0) is 0 Å². The largest absolute Gasteiger partial charge is 0.271 e. The second-order valence-electron chi connectivity index (χ2n) is 5.62. The highest BCUT2D eigenvalue weighted by Gasteiger charge is 2.08. The number of unbranched alkanes of at least 4 members (excludes halogenated alkanes) is 8. The van der Waals surface area contributed by atoms with Crippen LogP contribution in [0.3, 0.4) is 0 Å². The Morgan fingerprint density at radius 3 is 2.25 bits per heavy atom. The molecular weight excluding hydrogens is 246 g/mol. The van der Waals surface area contributed by atoms with Gasteiger partial charge in [0, 0.05) is 18.4 Å². The zero-order chi connectivity index (χ0) is 14.5. The molecule has 0 aliphatic rings. The van der Waals surface area contributed by atoms with Gasteiger partial charge in [-0.15, -0.1) is 0 Å². The number of hydrogen-bond acceptors (Lipinski definition) is 3. The fourth-order valence-electron chi connectivity index (χ4n) is 2.59. The van der Waals surface area contributed by atoms with Gasteiger partial charge in [0.1, 0.15) is 0 Å². The molecule has 1 aromatic heterocycles. The number of pyridine rings is 1. The first-order chi connectivity index (χ1) is 9.88. The van der Waals surface area contributed by atoms with Crippen molar-refractivity contribution in [2.45, 2.75) is 77.2 Å². The SMILES string of the molecule is CCCCCCCCCCCC(NN)c1cccnc1. The lowest BCUT2D eigenvalue weighted by Crippen LogP contribution is -2.28. The zero-order valence-electron chi connectivity index (χ0n) is 13.0. The number of nitrogens with one attached hydrogen (secondary N) is 1. The average molecular weight is 277 g/mol. The summed E-state index contributed by atoms with van der Waals surface area (Å²) in [5, 5.41) is 0. The first-order valence-corrected chi connectivity index (χ1v) is 8.24. The van der Waals surface area contributed by atoms with Gasteiger partial charge in [-0.3, -0.25) is 16.3 Å². The summed E-state index contributed by atoms with van der Waals surface area (Å²) in [6.07, 6.45) is 17.1. The highest BCUT2D eigenvalue weighted by atomic mass is 15.2. The van der Waals surface area contributed by atoms with Gasteiger partial charge < -0.3 is 0 Å². The first-order valence-electron chi connectivity index (χ1n) is 8.24. The Balaban J connectivity index is 2.02. The van der Waals surface area contributed by atoms with E-state index in [0.717, 1.165) is 6.42 Å². The number of nitrogens with two attached hydrogens (primary N) is 1. The molecule has 0 radical (unpaired) electrons. The van der Waals surface area contributed by atoms with E-state index in [9.17, 15) is 0 Å². The van der Waals surface area contributed by atoms with Crippen molar-refractivity contribution in [1.29, 1.82) is 0 Å². The first kappa shape index (κ1) is 17.1. The van der Waals surface area contributed by atoms with Crippen molar-refractivity contribution >= 4 is 0 Å². The van der Waals surface area contributed by atoms with E-state index in [1.807, 2.05) is 12.3 Å². The van der Waals surface area contributed by atoms with Crippen molar-refractivity contribution < 1.29 is 0 Å². The van der Waals surface area contributed by atoms with Gasteiger partial charge in [0.25, 0.3) is 0 Å². The summed E-state index contributed by atoms with van der Waals surface area (Å²) >= 11 is 0. The standard InChI is InChI=1S/C17H31N3/c1-2-3-4-5-6-7-8-9-10-13-17(20-18)16-12-11-14-19-15-16/h11-12,14-15,17,20H,2-10,13,18H2,1H3. The smallest absolute Gasteiger partial charge is 0.0475 e. The van der Waals surface area contributed by atoms with E-state index >= 15 is 0 Å². The molecule has 1 aromatic rings. The second-order valence-corrected chi connectivity index (χ2v) is 5.62. The van der Waals surface area contributed by atoms with Crippen LogP contribution in [-0.4, -0.2) is 4.98 Å². The molecule has 0 bridgehead atoms. The fraction of sp³-hybridized carbons (Fsp3) is 0.706. The molecule has 0 fully saturated rings. The van der Waals surface area contributed by atoms with E-state index in [2.05, 4.69) is 23.4 Å². The minimum Gasteiger partial charge on any atom is -0.271 e. The summed E-state index contributed by atoms with van der Waals surface area (Å²) in [5.74, 6) is 5.64. The molecule has 0 aliphatic carbocycles. The third-order valence-electron chi connectivity index (χ3n) is 3.88. The van der Waals surface area contributed by atoms with E-state index in [4.69, 9.17) is 5.84 Å². The van der Waals surface area contributed by atoms with Crippen LogP contribution in [0.15, 0.2) is 24.5 Å². The lowest BCUT2D eigenvalue weighted by atomic mass is 10.0. The predicted octanol–water partition coefficient (Wildman–Crippen LogP) is 4.51. The maximum Gasteiger partial charge on any atom is 0.0475 e. The predicted molar refractivity (Wildman–Crippen MR) is 86.1 cm³/mol. The van der Waals surface area contributed by atoms with Crippen molar-refractivity contribution in [3.8, 4) is 0 Å². The minimum atomic E-state index is 0.244. The lowest BCUT2D eigenvalue weighted by Gasteiger charge is -2.15. The normalized spacial score (nSPS) is 12.5. The van der Waals surface area contributed by atoms with Crippen molar-refractivity contribution in [2.75, 3.05) is 0 Å². The van der Waals surface area contributed by atoms with Crippen LogP contribution in [0, 0.1) is 0 Å². The van der Waals surface area contributed by atoms with E-state index < -0.39 is 0 Å². The van der Waals surface area contributed by atoms with Gasteiger partial charge in [0.05, 0.1) is 0 Å². The third-order valence-corrected chi connectivity index (χ3v) is 3.88. The van der Waals surface area contributed by atoms with E-state index in [1.165, 1.54) is 63.4 Å². The molecule has 0 saturated carbocycles. The van der Waals surface area contributed by atoms with Crippen LogP contribution in [0.2, 0.25) is 0 Å². The Morgan fingerprint density at radius 1 is 1.05 bits per heavy atom. The van der Waals surface area contributed by atoms with E-state index in [1.54, 1.807) is 6.20 Å². The minimum absolute atomic E-state index is 0.244. The van der Waals surface area contributed by atoms with Gasteiger partial charge in [-0.2, -0.15) is 0 Å². The Hall–Kier alpha value is -0.930. The highest BCUT2D eigenvalue weighted by molar-refractivity contribution is 5.13. The van der Waals surface area contributed by atoms with Gasteiger partial charge in [-0.05, 0) is 18.1 Å². The summed E-state index contributed by atoms with van der Waals surface area (Å²) < 4.78 is 0. The summed E-state index contributed by atoms with van der Waals surface area (Å²) in [6.45, 7) is 2.27. The van der Waals surface area contributed by atoms with Gasteiger partial charge in [-0.1, -0.05) is 70.8 Å². The van der Waals surface area contributed by atoms with Crippen LogP contribution < -0.4 is 11.3 Å². The topological polar surface area (TPSA) is 50.9 Å². The van der Waals surface area contributed by atoms with Crippen molar-refractivity contribution in [1.82, 2.24) is 10.4 Å². The Kier molecular flexibility index (Phi) is 10.2. The molecule has 1 atom stereocenters. The molecule has 20 heavy (non-hydrogen) atoms. The van der Waals surface area contributed by atoms with Gasteiger partial charge in [-0.25, -0.2) is 0 Å². The van der Waals surface area contributed by atoms with Crippen molar-refractivity contribution in [2.24, 2.45) is 5.84 Å². The molecule has 3 nitrogen and oxygen atoms in total. The zero-order valence-corrected chi connectivity index (χ0v) is 13.0. The Labute approximate surface area is 124 Å². The van der Waals surface area contributed by atoms with E-state index in [-0.39, 0.29) is 6.04 Å². The third kappa shape index (κ3) is 7.61. The maximum absolute atomic E-state index is 5.64. The summed E-state index contributed by atoms with van der Waals surface area (Å²) in [7, 11) is 0. The number of hydrazine groups is 1. The van der Waals surface area contributed by atoms with Gasteiger partial charge in [0.15, 0.2) is 0 Å². The molecule has 0 spiro atoms. The molecular formula is C17H31N3. The Bertz CT molecular complexity index is 313. The average Bonchev–Trinajstić information content (AvgIpc) is 2.50. The van der Waals surface area contributed by atoms with Crippen LogP contribution in [0.1, 0.15) is 82.7 Å². The number of aromatic nitrogens is 1. The maximum atomic E-state index is 5.64. The molecule has 1 heterocycles. The summed E-state index contributed by atoms with van der Waals surface area (Å²) in [6, 6.07) is 4.30. The van der Waals surface area contributed by atoms with Crippen molar-refractivity contribution in [3.05, 3.63) is 30.1 Å². The van der Waals surface area contributed by atoms with Crippen LogP contribution in [0.4, 0.5) is 0 Å². The van der Waals surface area contributed by atoms with E-state index in [0.29, 0.717) is 0 Å². The van der Waals surface area contributed by atoms with Gasteiger partial charge >= 0.3 is 0 Å². The van der Waals surface area contributed by atoms with Crippen LogP contribution >= 0.6 is 0 Å². The molecule has 3 heteroatoms. The molecule has 0 aliphatic heterocycles. The highest BCUT2D eigenvalue weighted by Crippen LogP contribution is 2.19. The molecule has 0 aromatic carbocycles. The molecule has 3 N–H and O–H groups in total. The van der Waals surface area contributed by atoms with Crippen molar-refractivity contribution in [3.63, 3.8) is 0 Å². The number of hydrogen-bond donors (Lipinski definition) is 2. The number of rotatable bonds is 12. The quantitative estimate of drug-likeness (QED) is 0.336. The lowest BCUT2D eigenvalue weighted by molar-refractivity contribution is 0.473. The summed E-state index contributed by atoms with van der Waals surface area (Å²) in [4.78, 5) is 4.15. The molecule has 114 valence electrons. The number of nitrogens with zero attached hydrogens (tertiary/aromatic N) is 1. The second kappa shape index (κ2) is 11.9. The molecule has 1 rings (SSSR count). The fourth-order valence-corrected chi connectivity index (χ4v) is 2.59. The van der Waals surface area contributed by atoms with Crippen LogP contribution in [0.5, 0.6) is 0 Å².